The average molecular weight is 512 g/mol. The first-order valence-electron chi connectivity index (χ1n) is 10.0. The van der Waals surface area contributed by atoms with E-state index < -0.39 is 29.6 Å². The number of alkyl halides is 3. The summed E-state index contributed by atoms with van der Waals surface area (Å²) in [5, 5.41) is 8.28. The van der Waals surface area contributed by atoms with E-state index in [1.165, 1.54) is 35.1 Å². The Labute approximate surface area is 203 Å². The Morgan fingerprint density at radius 2 is 1.89 bits per heavy atom. The van der Waals surface area contributed by atoms with Gasteiger partial charge >= 0.3 is 12.1 Å². The number of ether oxygens (including phenoxy) is 2. The Morgan fingerprint density at radius 1 is 1.14 bits per heavy atom. The number of methoxy groups -OCH3 is 1. The van der Waals surface area contributed by atoms with Crippen molar-refractivity contribution in [2.45, 2.75) is 26.1 Å². The molecule has 1 aromatic carbocycles. The number of fused-ring (bicyclic) bond motifs is 1. The van der Waals surface area contributed by atoms with Gasteiger partial charge in [-0.05, 0) is 37.6 Å². The maximum absolute atomic E-state index is 13.9. The lowest BCUT2D eigenvalue weighted by Gasteiger charge is -2.17. The van der Waals surface area contributed by atoms with Crippen molar-refractivity contribution in [3.05, 3.63) is 59.3 Å². The largest absolute Gasteiger partial charge is 0.479 e. The van der Waals surface area contributed by atoms with Crippen LogP contribution in [0.2, 0.25) is 0 Å². The molecule has 4 aromatic rings. The number of halogens is 4. The monoisotopic (exact) mass is 512 g/mol. The Morgan fingerprint density at radius 3 is 2.54 bits per heavy atom. The Kier molecular flexibility index (Phi) is 7.33. The van der Waals surface area contributed by atoms with Crippen molar-refractivity contribution in [3.63, 3.8) is 0 Å². The first-order valence-corrected chi connectivity index (χ1v) is 10.0. The smallest absolute Gasteiger partial charge is 0.416 e. The molecule has 0 unspecified atom stereocenters. The van der Waals surface area contributed by atoms with Gasteiger partial charge in [0.25, 0.3) is 5.95 Å². The second-order valence-corrected chi connectivity index (χ2v) is 7.20. The average Bonchev–Trinajstić information content (AvgIpc) is 3.45. The van der Waals surface area contributed by atoms with E-state index in [0.717, 1.165) is 12.1 Å². The SMILES string of the molecule is CCOC(=O)c1cnn(-c2nc(OC)c3c(cnn3[C@@H](C)c3cc(F)cc(C(F)(F)F)c3)n2)c1.S. The number of rotatable bonds is 6. The number of esters is 1. The third-order valence-corrected chi connectivity index (χ3v) is 4.99. The quantitative estimate of drug-likeness (QED) is 0.284. The molecule has 0 radical (unpaired) electrons. The highest BCUT2D eigenvalue weighted by atomic mass is 32.1. The van der Waals surface area contributed by atoms with Crippen molar-refractivity contribution >= 4 is 30.5 Å². The first-order chi connectivity index (χ1) is 16.1. The minimum absolute atomic E-state index is 0. The van der Waals surface area contributed by atoms with Crippen LogP contribution < -0.4 is 4.74 Å². The lowest BCUT2D eigenvalue weighted by Crippen LogP contribution is -2.13. The maximum Gasteiger partial charge on any atom is 0.416 e. The molecule has 4 rings (SSSR count). The predicted octanol–water partition coefficient (Wildman–Crippen LogP) is 4.08. The molecule has 3 aromatic heterocycles. The number of benzene rings is 1. The van der Waals surface area contributed by atoms with Crippen molar-refractivity contribution in [2.24, 2.45) is 0 Å². The van der Waals surface area contributed by atoms with Crippen LogP contribution in [0, 0.1) is 5.82 Å². The summed E-state index contributed by atoms with van der Waals surface area (Å²) in [6, 6.07) is 1.50. The maximum atomic E-state index is 13.9. The van der Waals surface area contributed by atoms with Gasteiger partial charge in [0.2, 0.25) is 5.88 Å². The standard InChI is InChI=1S/C21H18F4N6O3.H2S/c1-4-34-19(32)13-8-26-30(10-13)20-28-16-9-27-31(17(16)18(29-20)33-3)11(2)12-5-14(21(23,24)25)7-15(22)6-12;/h5-11H,4H2,1-3H3;1H2/t11-;/m0./s1. The number of nitrogens with zero attached hydrogens (tertiary/aromatic N) is 6. The van der Waals surface area contributed by atoms with Gasteiger partial charge in [-0.15, -0.1) is 0 Å². The van der Waals surface area contributed by atoms with Crippen molar-refractivity contribution < 1.29 is 31.8 Å². The van der Waals surface area contributed by atoms with Gasteiger partial charge in [-0.2, -0.15) is 41.8 Å². The van der Waals surface area contributed by atoms with E-state index in [1.807, 2.05) is 0 Å². The molecule has 0 bridgehead atoms. The van der Waals surface area contributed by atoms with Gasteiger partial charge in [-0.25, -0.2) is 18.9 Å². The molecule has 0 aliphatic heterocycles. The zero-order chi connectivity index (χ0) is 24.6. The van der Waals surface area contributed by atoms with Crippen LogP contribution in [-0.2, 0) is 10.9 Å². The summed E-state index contributed by atoms with van der Waals surface area (Å²) >= 11 is 0. The molecule has 0 amide bonds. The van der Waals surface area contributed by atoms with Crippen LogP contribution in [0.4, 0.5) is 17.6 Å². The molecule has 3 heterocycles. The lowest BCUT2D eigenvalue weighted by atomic mass is 10.0. The molecule has 0 spiro atoms. The van der Waals surface area contributed by atoms with Gasteiger partial charge in [-0.3, -0.25) is 4.68 Å². The van der Waals surface area contributed by atoms with Crippen molar-refractivity contribution in [3.8, 4) is 11.8 Å². The third kappa shape index (κ3) is 5.06. The van der Waals surface area contributed by atoms with E-state index in [2.05, 4.69) is 20.2 Å². The minimum Gasteiger partial charge on any atom is -0.479 e. The van der Waals surface area contributed by atoms with Gasteiger partial charge in [-0.1, -0.05) is 0 Å². The minimum atomic E-state index is -4.70. The van der Waals surface area contributed by atoms with Crippen LogP contribution in [0.3, 0.4) is 0 Å². The molecular weight excluding hydrogens is 492 g/mol. The van der Waals surface area contributed by atoms with Gasteiger partial charge < -0.3 is 9.47 Å². The number of carbonyl (C=O) groups excluding carboxylic acids is 1. The van der Waals surface area contributed by atoms with Crippen LogP contribution >= 0.6 is 13.5 Å². The van der Waals surface area contributed by atoms with Gasteiger partial charge in [0.1, 0.15) is 16.9 Å². The van der Waals surface area contributed by atoms with Crippen LogP contribution in [0.25, 0.3) is 17.0 Å². The Hall–Kier alpha value is -3.68. The van der Waals surface area contributed by atoms with E-state index in [9.17, 15) is 22.4 Å². The van der Waals surface area contributed by atoms with E-state index in [0.29, 0.717) is 11.6 Å². The molecular formula is C21H20F4N6O3S. The van der Waals surface area contributed by atoms with E-state index in [4.69, 9.17) is 9.47 Å². The lowest BCUT2D eigenvalue weighted by molar-refractivity contribution is -0.137. The summed E-state index contributed by atoms with van der Waals surface area (Å²) in [7, 11) is 1.35. The van der Waals surface area contributed by atoms with Crippen LogP contribution in [0.15, 0.2) is 36.8 Å². The topological polar surface area (TPSA) is 97.0 Å². The number of aromatic nitrogens is 6. The van der Waals surface area contributed by atoms with Gasteiger partial charge in [0, 0.05) is 6.20 Å². The highest BCUT2D eigenvalue weighted by molar-refractivity contribution is 7.59. The molecule has 14 heteroatoms. The first kappa shape index (κ1) is 25.9. The summed E-state index contributed by atoms with van der Waals surface area (Å²) in [5.74, 6) is -1.45. The molecule has 0 saturated carbocycles. The highest BCUT2D eigenvalue weighted by Gasteiger charge is 2.32. The summed E-state index contributed by atoms with van der Waals surface area (Å²) in [4.78, 5) is 20.6. The Bertz CT molecular complexity index is 1370. The van der Waals surface area contributed by atoms with Crippen LogP contribution in [0.1, 0.15) is 41.4 Å². The fraction of sp³-hybridized carbons (Fsp3) is 0.286. The molecule has 186 valence electrons. The summed E-state index contributed by atoms with van der Waals surface area (Å²) in [6.45, 7) is 3.44. The van der Waals surface area contributed by atoms with Crippen molar-refractivity contribution in [1.29, 1.82) is 0 Å². The summed E-state index contributed by atoms with van der Waals surface area (Å²) < 4.78 is 66.3. The fourth-order valence-corrected chi connectivity index (χ4v) is 3.37. The summed E-state index contributed by atoms with van der Waals surface area (Å²) in [5.41, 5.74) is -0.272. The number of carbonyl (C=O) groups is 1. The molecule has 0 aliphatic rings. The van der Waals surface area contributed by atoms with Gasteiger partial charge in [0.15, 0.2) is 0 Å². The zero-order valence-electron chi connectivity index (χ0n) is 18.7. The molecule has 0 fully saturated rings. The molecule has 9 nitrogen and oxygen atoms in total. The molecule has 0 N–H and O–H groups in total. The van der Waals surface area contributed by atoms with E-state index >= 15 is 0 Å². The van der Waals surface area contributed by atoms with Crippen LogP contribution in [-0.4, -0.2) is 49.2 Å². The Balaban J connectivity index is 0.00000342. The molecule has 0 aliphatic carbocycles. The summed E-state index contributed by atoms with van der Waals surface area (Å²) in [6.07, 6.45) is -0.646. The van der Waals surface area contributed by atoms with Crippen molar-refractivity contribution in [2.75, 3.05) is 13.7 Å². The third-order valence-electron chi connectivity index (χ3n) is 4.99. The number of hydrogen-bond donors (Lipinski definition) is 0. The highest BCUT2D eigenvalue weighted by Crippen LogP contribution is 2.34. The van der Waals surface area contributed by atoms with E-state index in [-0.39, 0.29) is 48.6 Å². The molecule has 1 atom stereocenters. The number of hydrogen-bond acceptors (Lipinski definition) is 7. The molecule has 0 saturated heterocycles. The normalized spacial score (nSPS) is 12.3. The fourth-order valence-electron chi connectivity index (χ4n) is 3.37. The molecule has 35 heavy (non-hydrogen) atoms. The van der Waals surface area contributed by atoms with Crippen molar-refractivity contribution in [1.82, 2.24) is 29.5 Å². The second-order valence-electron chi connectivity index (χ2n) is 7.20. The zero-order valence-corrected chi connectivity index (χ0v) is 19.7. The van der Waals surface area contributed by atoms with Crippen LogP contribution in [0.5, 0.6) is 5.88 Å². The van der Waals surface area contributed by atoms with Gasteiger partial charge in [0.05, 0.1) is 43.3 Å². The predicted molar refractivity (Wildman–Crippen MR) is 121 cm³/mol. The van der Waals surface area contributed by atoms with E-state index in [1.54, 1.807) is 13.8 Å². The second kappa shape index (κ2) is 9.90.